The normalized spacial score (nSPS) is 14.7. The van der Waals surface area contributed by atoms with Crippen molar-refractivity contribution < 1.29 is 14.3 Å². The number of esters is 1. The first kappa shape index (κ1) is 11.9. The third-order valence-corrected chi connectivity index (χ3v) is 2.21. The van der Waals surface area contributed by atoms with Gasteiger partial charge in [-0.1, -0.05) is 19.8 Å². The van der Waals surface area contributed by atoms with E-state index in [1.165, 1.54) is 14.0 Å². The molecule has 0 spiro atoms. The van der Waals surface area contributed by atoms with Gasteiger partial charge in [-0.3, -0.25) is 9.59 Å². The Hall–Kier alpha value is -1.06. The predicted octanol–water partition coefficient (Wildman–Crippen LogP) is 0.841. The number of nitrogens with two attached hydrogens (primary N) is 1. The molecule has 1 amide bonds. The molecule has 0 radical (unpaired) electrons. The highest BCUT2D eigenvalue weighted by Crippen LogP contribution is 2.25. The van der Waals surface area contributed by atoms with Gasteiger partial charge in [0.1, 0.15) is 5.41 Å². The number of amides is 1. The van der Waals surface area contributed by atoms with Crippen LogP contribution in [0.4, 0.5) is 0 Å². The van der Waals surface area contributed by atoms with Crippen LogP contribution in [0.25, 0.3) is 0 Å². The van der Waals surface area contributed by atoms with E-state index in [4.69, 9.17) is 5.73 Å². The summed E-state index contributed by atoms with van der Waals surface area (Å²) in [7, 11) is 1.26. The average Bonchev–Trinajstić information content (AvgIpc) is 2.12. The van der Waals surface area contributed by atoms with Gasteiger partial charge in [-0.25, -0.2) is 0 Å². The maximum absolute atomic E-state index is 11.3. The molecule has 0 saturated carbocycles. The molecule has 0 rings (SSSR count). The molecule has 76 valence electrons. The fourth-order valence-corrected chi connectivity index (χ4v) is 1.08. The Morgan fingerprint density at radius 3 is 2.31 bits per heavy atom. The molecule has 13 heavy (non-hydrogen) atoms. The molecule has 0 aliphatic rings. The number of unbranched alkanes of at least 4 members (excludes halogenated alkanes) is 1. The second-order valence-corrected chi connectivity index (χ2v) is 3.29. The average molecular weight is 187 g/mol. The maximum atomic E-state index is 11.3. The van der Waals surface area contributed by atoms with Gasteiger partial charge < -0.3 is 10.5 Å². The van der Waals surface area contributed by atoms with Crippen molar-refractivity contribution in [2.45, 2.75) is 33.1 Å². The van der Waals surface area contributed by atoms with Gasteiger partial charge in [0, 0.05) is 0 Å². The van der Waals surface area contributed by atoms with E-state index in [9.17, 15) is 9.59 Å². The zero-order chi connectivity index (χ0) is 10.5. The Kier molecular flexibility index (Phi) is 4.45. The van der Waals surface area contributed by atoms with E-state index < -0.39 is 17.3 Å². The van der Waals surface area contributed by atoms with Crippen molar-refractivity contribution in [2.75, 3.05) is 7.11 Å². The topological polar surface area (TPSA) is 69.4 Å². The summed E-state index contributed by atoms with van der Waals surface area (Å²) in [6.45, 7) is 3.51. The number of ether oxygens (including phenoxy) is 1. The smallest absolute Gasteiger partial charge is 0.321 e. The lowest BCUT2D eigenvalue weighted by atomic mass is 9.84. The fourth-order valence-electron chi connectivity index (χ4n) is 1.08. The SMILES string of the molecule is CCCC[C@](C)(C(N)=O)C(=O)OC. The van der Waals surface area contributed by atoms with Crippen LogP contribution in [0.15, 0.2) is 0 Å². The Morgan fingerprint density at radius 2 is 2.00 bits per heavy atom. The summed E-state index contributed by atoms with van der Waals surface area (Å²) in [5.41, 5.74) is 3.99. The molecule has 4 nitrogen and oxygen atoms in total. The molecule has 0 aromatic heterocycles. The van der Waals surface area contributed by atoms with Gasteiger partial charge in [-0.2, -0.15) is 0 Å². The number of rotatable bonds is 5. The van der Waals surface area contributed by atoms with Gasteiger partial charge in [-0.05, 0) is 13.3 Å². The summed E-state index contributed by atoms with van der Waals surface area (Å²) in [6, 6.07) is 0. The van der Waals surface area contributed by atoms with Crippen molar-refractivity contribution in [2.24, 2.45) is 11.1 Å². The lowest BCUT2D eigenvalue weighted by Gasteiger charge is -2.22. The first-order valence-corrected chi connectivity index (χ1v) is 4.37. The zero-order valence-corrected chi connectivity index (χ0v) is 8.42. The molecule has 4 heteroatoms. The molecule has 0 aromatic rings. The van der Waals surface area contributed by atoms with Gasteiger partial charge in [-0.15, -0.1) is 0 Å². The molecule has 0 heterocycles. The second kappa shape index (κ2) is 4.84. The minimum absolute atomic E-state index is 0.450. The summed E-state index contributed by atoms with van der Waals surface area (Å²) >= 11 is 0. The van der Waals surface area contributed by atoms with Crippen molar-refractivity contribution >= 4 is 11.9 Å². The van der Waals surface area contributed by atoms with Crippen LogP contribution < -0.4 is 5.73 Å². The maximum Gasteiger partial charge on any atom is 0.321 e. The zero-order valence-electron chi connectivity index (χ0n) is 8.42. The van der Waals surface area contributed by atoms with E-state index >= 15 is 0 Å². The van der Waals surface area contributed by atoms with Crippen LogP contribution in [-0.4, -0.2) is 19.0 Å². The molecule has 0 saturated heterocycles. The van der Waals surface area contributed by atoms with E-state index in [2.05, 4.69) is 4.74 Å². The van der Waals surface area contributed by atoms with Crippen LogP contribution in [0.5, 0.6) is 0 Å². The van der Waals surface area contributed by atoms with Crippen molar-refractivity contribution in [3.63, 3.8) is 0 Å². The lowest BCUT2D eigenvalue weighted by molar-refractivity contribution is -0.157. The molecule has 0 aromatic carbocycles. The molecule has 1 atom stereocenters. The highest BCUT2D eigenvalue weighted by molar-refractivity contribution is 6.01. The lowest BCUT2D eigenvalue weighted by Crippen LogP contribution is -2.42. The molecule has 2 N–H and O–H groups in total. The third-order valence-electron chi connectivity index (χ3n) is 2.21. The van der Waals surface area contributed by atoms with Crippen LogP contribution in [0, 0.1) is 5.41 Å². The van der Waals surface area contributed by atoms with Gasteiger partial charge in [0.25, 0.3) is 0 Å². The monoisotopic (exact) mass is 187 g/mol. The molecule has 0 bridgehead atoms. The van der Waals surface area contributed by atoms with Crippen molar-refractivity contribution in [3.8, 4) is 0 Å². The van der Waals surface area contributed by atoms with Crippen molar-refractivity contribution in [1.82, 2.24) is 0 Å². The summed E-state index contributed by atoms with van der Waals surface area (Å²) in [5, 5.41) is 0. The van der Waals surface area contributed by atoms with Crippen LogP contribution in [-0.2, 0) is 14.3 Å². The number of carbonyl (C=O) groups is 2. The first-order valence-electron chi connectivity index (χ1n) is 4.37. The number of primary amides is 1. The largest absolute Gasteiger partial charge is 0.468 e. The Morgan fingerprint density at radius 1 is 1.46 bits per heavy atom. The van der Waals surface area contributed by atoms with E-state index in [1.807, 2.05) is 6.92 Å². The van der Waals surface area contributed by atoms with E-state index in [0.717, 1.165) is 12.8 Å². The summed E-state index contributed by atoms with van der Waals surface area (Å²) in [6.07, 6.45) is 2.15. The second-order valence-electron chi connectivity index (χ2n) is 3.29. The standard InChI is InChI=1S/C9H17NO3/c1-4-5-6-9(2,7(10)11)8(12)13-3/h4-6H2,1-3H3,(H2,10,11)/t9-/m1/s1. The number of hydrogen-bond acceptors (Lipinski definition) is 3. The van der Waals surface area contributed by atoms with Crippen molar-refractivity contribution in [1.29, 1.82) is 0 Å². The molecule has 0 aliphatic carbocycles. The van der Waals surface area contributed by atoms with Gasteiger partial charge >= 0.3 is 5.97 Å². The first-order chi connectivity index (χ1) is 5.99. The predicted molar refractivity (Wildman–Crippen MR) is 48.8 cm³/mol. The van der Waals surface area contributed by atoms with E-state index in [-0.39, 0.29) is 0 Å². The number of carbonyl (C=O) groups excluding carboxylic acids is 2. The van der Waals surface area contributed by atoms with E-state index in [0.29, 0.717) is 6.42 Å². The van der Waals surface area contributed by atoms with Crippen LogP contribution >= 0.6 is 0 Å². The highest BCUT2D eigenvalue weighted by Gasteiger charge is 2.39. The van der Waals surface area contributed by atoms with E-state index in [1.54, 1.807) is 0 Å². The number of methoxy groups -OCH3 is 1. The molecule has 0 fully saturated rings. The van der Waals surface area contributed by atoms with Gasteiger partial charge in [0.2, 0.25) is 5.91 Å². The summed E-state index contributed by atoms with van der Waals surface area (Å²) in [5.74, 6) is -1.17. The number of hydrogen-bond donors (Lipinski definition) is 1. The quantitative estimate of drug-likeness (QED) is 0.512. The van der Waals surface area contributed by atoms with Crippen LogP contribution in [0.3, 0.4) is 0 Å². The fraction of sp³-hybridized carbons (Fsp3) is 0.778. The van der Waals surface area contributed by atoms with Crippen molar-refractivity contribution in [3.05, 3.63) is 0 Å². The Labute approximate surface area is 78.4 Å². The Bertz CT molecular complexity index is 203. The molecule has 0 aliphatic heterocycles. The summed E-state index contributed by atoms with van der Waals surface area (Å²) in [4.78, 5) is 22.3. The third kappa shape index (κ3) is 2.72. The van der Waals surface area contributed by atoms with Gasteiger partial charge in [0.05, 0.1) is 7.11 Å². The molecule has 0 unspecified atom stereocenters. The minimum atomic E-state index is -1.16. The molecular formula is C9H17NO3. The minimum Gasteiger partial charge on any atom is -0.468 e. The Balaban J connectivity index is 4.52. The summed E-state index contributed by atoms with van der Waals surface area (Å²) < 4.78 is 4.53. The highest BCUT2D eigenvalue weighted by atomic mass is 16.5. The van der Waals surface area contributed by atoms with Gasteiger partial charge in [0.15, 0.2) is 0 Å². The van der Waals surface area contributed by atoms with Crippen LogP contribution in [0.1, 0.15) is 33.1 Å². The molecular weight excluding hydrogens is 170 g/mol. The van der Waals surface area contributed by atoms with Crippen LogP contribution in [0.2, 0.25) is 0 Å².